The maximum atomic E-state index is 12.3. The molecule has 0 bridgehead atoms. The molecule has 0 aliphatic carbocycles. The highest BCUT2D eigenvalue weighted by Gasteiger charge is 2.22. The lowest BCUT2D eigenvalue weighted by atomic mass is 10.0. The summed E-state index contributed by atoms with van der Waals surface area (Å²) in [5, 5.41) is 0. The summed E-state index contributed by atoms with van der Waals surface area (Å²) < 4.78 is 5.42. The number of nitrogens with zero attached hydrogens (tertiary/aromatic N) is 3. The molecule has 0 N–H and O–H groups in total. The average molecular weight is 269 g/mol. The highest BCUT2D eigenvalue weighted by Crippen LogP contribution is 2.26. The van der Waals surface area contributed by atoms with Crippen LogP contribution in [0.3, 0.4) is 0 Å². The predicted molar refractivity (Wildman–Crippen MR) is 74.6 cm³/mol. The molecule has 2 aromatic rings. The molecule has 0 atom stereocenters. The van der Waals surface area contributed by atoms with Crippen molar-refractivity contribution in [2.45, 2.75) is 12.8 Å². The zero-order valence-corrected chi connectivity index (χ0v) is 11.0. The van der Waals surface area contributed by atoms with Crippen LogP contribution in [0.4, 0.5) is 5.69 Å². The lowest BCUT2D eigenvalue weighted by molar-refractivity contribution is -0.120. The second kappa shape index (κ2) is 5.69. The number of ether oxygens (including phenoxy) is 1. The van der Waals surface area contributed by atoms with Crippen LogP contribution in [0.2, 0.25) is 0 Å². The first-order chi connectivity index (χ1) is 9.84. The van der Waals surface area contributed by atoms with Gasteiger partial charge in [0.05, 0.1) is 12.4 Å². The van der Waals surface area contributed by atoms with Crippen LogP contribution in [0.15, 0.2) is 43.0 Å². The van der Waals surface area contributed by atoms with Crippen molar-refractivity contribution in [2.24, 2.45) is 0 Å². The quantitative estimate of drug-likeness (QED) is 0.853. The Hall–Kier alpha value is -2.43. The van der Waals surface area contributed by atoms with Crippen LogP contribution in [0, 0.1) is 0 Å². The van der Waals surface area contributed by atoms with Gasteiger partial charge in [-0.2, -0.15) is 0 Å². The van der Waals surface area contributed by atoms with Gasteiger partial charge < -0.3 is 9.64 Å². The molecule has 1 amide bonds. The van der Waals surface area contributed by atoms with Gasteiger partial charge in [-0.25, -0.2) is 9.97 Å². The Morgan fingerprint density at radius 2 is 2.05 bits per heavy atom. The van der Waals surface area contributed by atoms with Crippen molar-refractivity contribution in [3.8, 4) is 5.75 Å². The maximum Gasteiger partial charge on any atom is 0.264 e. The number of para-hydroxylation sites is 1. The highest BCUT2D eigenvalue weighted by atomic mass is 16.5. The van der Waals surface area contributed by atoms with E-state index in [-0.39, 0.29) is 12.5 Å². The Bertz CT molecular complexity index is 601. The summed E-state index contributed by atoms with van der Waals surface area (Å²) in [5.74, 6) is 0.465. The number of amides is 1. The summed E-state index contributed by atoms with van der Waals surface area (Å²) in [4.78, 5) is 21.8. The molecular formula is C15H15N3O2. The SMILES string of the molecule is O=C(COc1cncnc1)N1CCCc2ccccc21. The first kappa shape index (κ1) is 12.6. The highest BCUT2D eigenvalue weighted by molar-refractivity contribution is 5.95. The lowest BCUT2D eigenvalue weighted by Gasteiger charge is -2.29. The van der Waals surface area contributed by atoms with Gasteiger partial charge in [-0.3, -0.25) is 4.79 Å². The van der Waals surface area contributed by atoms with Gasteiger partial charge >= 0.3 is 0 Å². The van der Waals surface area contributed by atoms with Gasteiger partial charge in [-0.1, -0.05) is 18.2 Å². The van der Waals surface area contributed by atoms with Crippen molar-refractivity contribution in [2.75, 3.05) is 18.1 Å². The van der Waals surface area contributed by atoms with Crippen molar-refractivity contribution < 1.29 is 9.53 Å². The molecule has 0 spiro atoms. The summed E-state index contributed by atoms with van der Waals surface area (Å²) in [6, 6.07) is 8.01. The van der Waals surface area contributed by atoms with Gasteiger partial charge in [-0.05, 0) is 24.5 Å². The molecule has 0 saturated heterocycles. The molecule has 102 valence electrons. The van der Waals surface area contributed by atoms with Crippen molar-refractivity contribution in [3.63, 3.8) is 0 Å². The van der Waals surface area contributed by atoms with Crippen molar-refractivity contribution in [3.05, 3.63) is 48.5 Å². The number of benzene rings is 1. The van der Waals surface area contributed by atoms with E-state index in [4.69, 9.17) is 4.74 Å². The fraction of sp³-hybridized carbons (Fsp3) is 0.267. The van der Waals surface area contributed by atoms with Crippen LogP contribution in [0.5, 0.6) is 5.75 Å². The summed E-state index contributed by atoms with van der Waals surface area (Å²) >= 11 is 0. The molecule has 1 aliphatic heterocycles. The first-order valence-electron chi connectivity index (χ1n) is 6.60. The third-order valence-electron chi connectivity index (χ3n) is 3.31. The zero-order chi connectivity index (χ0) is 13.8. The van der Waals surface area contributed by atoms with E-state index < -0.39 is 0 Å². The number of hydrogen-bond donors (Lipinski definition) is 0. The van der Waals surface area contributed by atoms with Gasteiger partial charge in [0.25, 0.3) is 5.91 Å². The molecule has 2 heterocycles. The zero-order valence-electron chi connectivity index (χ0n) is 11.0. The second-order valence-corrected chi connectivity index (χ2v) is 4.64. The summed E-state index contributed by atoms with van der Waals surface area (Å²) in [5.41, 5.74) is 2.21. The van der Waals surface area contributed by atoms with Crippen molar-refractivity contribution in [1.29, 1.82) is 0 Å². The molecule has 1 aromatic heterocycles. The number of aromatic nitrogens is 2. The summed E-state index contributed by atoms with van der Waals surface area (Å²) in [6.07, 6.45) is 6.52. The van der Waals surface area contributed by atoms with Gasteiger partial charge in [-0.15, -0.1) is 0 Å². The van der Waals surface area contributed by atoms with Crippen LogP contribution in [0.1, 0.15) is 12.0 Å². The van der Waals surface area contributed by atoms with E-state index in [0.717, 1.165) is 25.1 Å². The van der Waals surface area contributed by atoms with Crippen LogP contribution < -0.4 is 9.64 Å². The third kappa shape index (κ3) is 2.61. The topological polar surface area (TPSA) is 55.3 Å². The normalized spacial score (nSPS) is 13.7. The number of carbonyl (C=O) groups is 1. The van der Waals surface area contributed by atoms with Crippen LogP contribution in [0.25, 0.3) is 0 Å². The molecule has 3 rings (SSSR count). The third-order valence-corrected chi connectivity index (χ3v) is 3.31. The molecular weight excluding hydrogens is 254 g/mol. The van der Waals surface area contributed by atoms with E-state index in [2.05, 4.69) is 16.0 Å². The Morgan fingerprint density at radius 3 is 2.90 bits per heavy atom. The van der Waals surface area contributed by atoms with E-state index in [1.165, 1.54) is 11.9 Å². The molecule has 0 unspecified atom stereocenters. The lowest BCUT2D eigenvalue weighted by Crippen LogP contribution is -2.38. The van der Waals surface area contributed by atoms with E-state index in [1.807, 2.05) is 18.2 Å². The standard InChI is InChI=1S/C15H15N3O2/c19-15(10-20-13-8-16-11-17-9-13)18-7-3-5-12-4-1-2-6-14(12)18/h1-2,4,6,8-9,11H,3,5,7,10H2. The monoisotopic (exact) mass is 269 g/mol. The smallest absolute Gasteiger partial charge is 0.264 e. The fourth-order valence-electron chi connectivity index (χ4n) is 2.38. The minimum atomic E-state index is -0.0407. The number of hydrogen-bond acceptors (Lipinski definition) is 4. The van der Waals surface area contributed by atoms with Crippen molar-refractivity contribution in [1.82, 2.24) is 9.97 Å². The van der Waals surface area contributed by atoms with Gasteiger partial charge in [0.2, 0.25) is 0 Å². The van der Waals surface area contributed by atoms with E-state index in [1.54, 1.807) is 17.3 Å². The van der Waals surface area contributed by atoms with E-state index >= 15 is 0 Å². The van der Waals surface area contributed by atoms with E-state index in [0.29, 0.717) is 5.75 Å². The van der Waals surface area contributed by atoms with Crippen molar-refractivity contribution >= 4 is 11.6 Å². The molecule has 20 heavy (non-hydrogen) atoms. The number of rotatable bonds is 3. The molecule has 1 aliphatic rings. The Kier molecular flexibility index (Phi) is 3.58. The predicted octanol–water partition coefficient (Wildman–Crippen LogP) is 1.83. The minimum absolute atomic E-state index is 0.00169. The van der Waals surface area contributed by atoms with Gasteiger partial charge in [0.1, 0.15) is 6.33 Å². The number of aryl methyl sites for hydroxylation is 1. The van der Waals surface area contributed by atoms with Gasteiger partial charge in [0.15, 0.2) is 12.4 Å². The molecule has 0 saturated carbocycles. The number of fused-ring (bicyclic) bond motifs is 1. The van der Waals surface area contributed by atoms with E-state index in [9.17, 15) is 4.79 Å². The minimum Gasteiger partial charge on any atom is -0.481 e. The number of anilines is 1. The fourth-order valence-corrected chi connectivity index (χ4v) is 2.38. The van der Waals surface area contributed by atoms with Crippen LogP contribution >= 0.6 is 0 Å². The Balaban J connectivity index is 1.69. The summed E-state index contributed by atoms with van der Waals surface area (Å²) in [7, 11) is 0. The average Bonchev–Trinajstić information content (AvgIpc) is 2.53. The van der Waals surface area contributed by atoms with Gasteiger partial charge in [0, 0.05) is 12.2 Å². The molecule has 0 radical (unpaired) electrons. The first-order valence-corrected chi connectivity index (χ1v) is 6.60. The largest absolute Gasteiger partial charge is 0.481 e. The summed E-state index contributed by atoms with van der Waals surface area (Å²) in [6.45, 7) is 0.742. The molecule has 1 aromatic carbocycles. The Morgan fingerprint density at radius 1 is 1.25 bits per heavy atom. The second-order valence-electron chi connectivity index (χ2n) is 4.64. The molecule has 5 nitrogen and oxygen atoms in total. The molecule has 5 heteroatoms. The molecule has 0 fully saturated rings. The van der Waals surface area contributed by atoms with Crippen LogP contribution in [-0.4, -0.2) is 29.0 Å². The Labute approximate surface area is 117 Å². The number of carbonyl (C=O) groups excluding carboxylic acids is 1. The maximum absolute atomic E-state index is 12.3. The van der Waals surface area contributed by atoms with Crippen LogP contribution in [-0.2, 0) is 11.2 Å².